The summed E-state index contributed by atoms with van der Waals surface area (Å²) in [6.07, 6.45) is 2.23. The number of benzene rings is 1. The molecule has 0 bridgehead atoms. The second kappa shape index (κ2) is 4.35. The van der Waals surface area contributed by atoms with Crippen molar-refractivity contribution < 1.29 is 10.0 Å². The first-order valence-corrected chi connectivity index (χ1v) is 6.16. The van der Waals surface area contributed by atoms with Gasteiger partial charge in [0, 0.05) is 17.8 Å². The van der Waals surface area contributed by atoms with Crippen LogP contribution in [-0.4, -0.2) is 29.3 Å². The molecule has 0 fully saturated rings. The minimum absolute atomic E-state index is 0.0637. The van der Waals surface area contributed by atoms with E-state index in [1.165, 1.54) is 5.56 Å². The lowest BCUT2D eigenvalue weighted by Crippen LogP contribution is -2.45. The topological polar surface area (TPSA) is 43.7 Å². The number of nitrogens with zero attached hydrogens (tertiary/aromatic N) is 1. The number of hydrogen-bond acceptors (Lipinski definition) is 3. The normalized spacial score (nSPS) is 15.7. The van der Waals surface area contributed by atoms with Crippen molar-refractivity contribution in [2.45, 2.75) is 39.2 Å². The first-order chi connectivity index (χ1) is 7.89. The van der Waals surface area contributed by atoms with Gasteiger partial charge in [-0.15, -0.1) is 0 Å². The van der Waals surface area contributed by atoms with Gasteiger partial charge in [0.2, 0.25) is 0 Å². The summed E-state index contributed by atoms with van der Waals surface area (Å²) in [7, 11) is -1.39. The number of hydrogen-bond donors (Lipinski definition) is 2. The molecule has 17 heavy (non-hydrogen) atoms. The summed E-state index contributed by atoms with van der Waals surface area (Å²) in [6.45, 7) is 7.58. The maximum atomic E-state index is 9.25. The Morgan fingerprint density at radius 3 is 2.53 bits per heavy atom. The van der Waals surface area contributed by atoms with Crippen LogP contribution in [0.2, 0.25) is 0 Å². The molecule has 4 heteroatoms. The van der Waals surface area contributed by atoms with Gasteiger partial charge in [-0.25, -0.2) is 0 Å². The maximum absolute atomic E-state index is 9.25. The van der Waals surface area contributed by atoms with Crippen LogP contribution in [0, 0.1) is 0 Å². The molecule has 0 aliphatic carbocycles. The lowest BCUT2D eigenvalue weighted by atomic mass is 9.78. The van der Waals surface area contributed by atoms with E-state index in [0.29, 0.717) is 5.46 Å². The predicted molar refractivity (Wildman–Crippen MR) is 71.7 cm³/mol. The fourth-order valence-electron chi connectivity index (χ4n) is 2.45. The third-order valence-corrected chi connectivity index (χ3v) is 3.34. The molecular formula is C13H20BNO2. The summed E-state index contributed by atoms with van der Waals surface area (Å²) in [5.74, 6) is 0. The summed E-state index contributed by atoms with van der Waals surface area (Å²) in [6, 6.07) is 5.72. The zero-order chi connectivity index (χ0) is 12.6. The first-order valence-electron chi connectivity index (χ1n) is 6.16. The second-order valence-electron chi connectivity index (χ2n) is 5.69. The lowest BCUT2D eigenvalue weighted by molar-refractivity contribution is 0.425. The molecule has 0 radical (unpaired) electrons. The van der Waals surface area contributed by atoms with Crippen LogP contribution in [0.15, 0.2) is 18.2 Å². The molecule has 1 heterocycles. The van der Waals surface area contributed by atoms with Crippen LogP contribution in [0.3, 0.4) is 0 Å². The Balaban J connectivity index is 2.45. The van der Waals surface area contributed by atoms with Gasteiger partial charge in [0.05, 0.1) is 0 Å². The van der Waals surface area contributed by atoms with Gasteiger partial charge in [0.1, 0.15) is 0 Å². The van der Waals surface area contributed by atoms with Crippen molar-refractivity contribution in [1.82, 2.24) is 0 Å². The Kier molecular flexibility index (Phi) is 3.19. The van der Waals surface area contributed by atoms with E-state index in [1.54, 1.807) is 6.07 Å². The van der Waals surface area contributed by atoms with Crippen LogP contribution in [0.5, 0.6) is 0 Å². The zero-order valence-corrected chi connectivity index (χ0v) is 10.8. The summed E-state index contributed by atoms with van der Waals surface area (Å²) in [5, 5.41) is 18.5. The van der Waals surface area contributed by atoms with Crippen LogP contribution >= 0.6 is 0 Å². The van der Waals surface area contributed by atoms with Gasteiger partial charge in [-0.1, -0.05) is 12.1 Å². The molecule has 0 amide bonds. The standard InChI is InChI=1S/C13H20BNO2/c1-13(2,3)15-8-4-5-10-6-7-11(14(16)17)9-12(10)15/h6-7,9,16-17H,4-5,8H2,1-3H3. The van der Waals surface area contributed by atoms with Gasteiger partial charge in [0.15, 0.2) is 0 Å². The van der Waals surface area contributed by atoms with Gasteiger partial charge >= 0.3 is 7.12 Å². The van der Waals surface area contributed by atoms with E-state index >= 15 is 0 Å². The Hall–Kier alpha value is -0.995. The SMILES string of the molecule is CC(C)(C)N1CCCc2ccc(B(O)O)cc21. The summed E-state index contributed by atoms with van der Waals surface area (Å²) >= 11 is 0. The summed E-state index contributed by atoms with van der Waals surface area (Å²) in [4.78, 5) is 2.34. The molecule has 0 unspecified atom stereocenters. The Morgan fingerprint density at radius 1 is 1.24 bits per heavy atom. The third-order valence-electron chi connectivity index (χ3n) is 3.34. The fourth-order valence-corrected chi connectivity index (χ4v) is 2.45. The van der Waals surface area contributed by atoms with Gasteiger partial charge in [-0.05, 0) is 50.7 Å². The summed E-state index contributed by atoms with van der Waals surface area (Å²) in [5.41, 5.74) is 3.08. The van der Waals surface area contributed by atoms with Crippen molar-refractivity contribution in [3.05, 3.63) is 23.8 Å². The quantitative estimate of drug-likeness (QED) is 0.709. The molecule has 92 valence electrons. The number of fused-ring (bicyclic) bond motifs is 1. The molecule has 2 rings (SSSR count). The van der Waals surface area contributed by atoms with E-state index in [-0.39, 0.29) is 5.54 Å². The average Bonchev–Trinajstić information content (AvgIpc) is 2.26. The highest BCUT2D eigenvalue weighted by molar-refractivity contribution is 6.58. The fraction of sp³-hybridized carbons (Fsp3) is 0.538. The van der Waals surface area contributed by atoms with E-state index < -0.39 is 7.12 Å². The van der Waals surface area contributed by atoms with Gasteiger partial charge < -0.3 is 14.9 Å². The van der Waals surface area contributed by atoms with Crippen molar-refractivity contribution in [2.24, 2.45) is 0 Å². The zero-order valence-electron chi connectivity index (χ0n) is 10.8. The van der Waals surface area contributed by atoms with E-state index in [2.05, 4.69) is 25.7 Å². The van der Waals surface area contributed by atoms with Crippen molar-refractivity contribution in [3.8, 4) is 0 Å². The van der Waals surface area contributed by atoms with Crippen LogP contribution in [0.25, 0.3) is 0 Å². The van der Waals surface area contributed by atoms with Gasteiger partial charge in [-0.3, -0.25) is 0 Å². The molecule has 1 aliphatic heterocycles. The lowest BCUT2D eigenvalue weighted by Gasteiger charge is -2.42. The maximum Gasteiger partial charge on any atom is 0.488 e. The van der Waals surface area contributed by atoms with Gasteiger partial charge in [0.25, 0.3) is 0 Å². The minimum atomic E-state index is -1.39. The first kappa shape index (κ1) is 12.5. The summed E-state index contributed by atoms with van der Waals surface area (Å²) < 4.78 is 0. The molecule has 0 saturated carbocycles. The molecule has 2 N–H and O–H groups in total. The Bertz CT molecular complexity index is 412. The van der Waals surface area contributed by atoms with Crippen molar-refractivity contribution in [1.29, 1.82) is 0 Å². The molecule has 0 spiro atoms. The number of aryl methyl sites for hydroxylation is 1. The Morgan fingerprint density at radius 2 is 1.94 bits per heavy atom. The molecule has 0 saturated heterocycles. The number of anilines is 1. The molecule has 1 aromatic rings. The third kappa shape index (κ3) is 2.48. The predicted octanol–water partition coefficient (Wildman–Crippen LogP) is 0.917. The van der Waals surface area contributed by atoms with E-state index in [9.17, 15) is 10.0 Å². The largest absolute Gasteiger partial charge is 0.488 e. The van der Waals surface area contributed by atoms with E-state index in [1.807, 2.05) is 12.1 Å². The highest BCUT2D eigenvalue weighted by Crippen LogP contribution is 2.31. The molecule has 3 nitrogen and oxygen atoms in total. The van der Waals surface area contributed by atoms with Crippen LogP contribution < -0.4 is 10.4 Å². The van der Waals surface area contributed by atoms with Crippen LogP contribution in [0.1, 0.15) is 32.8 Å². The molecule has 0 atom stereocenters. The average molecular weight is 233 g/mol. The van der Waals surface area contributed by atoms with Crippen LogP contribution in [0.4, 0.5) is 5.69 Å². The number of rotatable bonds is 1. The van der Waals surface area contributed by atoms with Crippen LogP contribution in [-0.2, 0) is 6.42 Å². The Labute approximate surface area is 103 Å². The highest BCUT2D eigenvalue weighted by Gasteiger charge is 2.27. The van der Waals surface area contributed by atoms with Crippen molar-refractivity contribution >= 4 is 18.3 Å². The van der Waals surface area contributed by atoms with E-state index in [4.69, 9.17) is 0 Å². The molecule has 1 aliphatic rings. The minimum Gasteiger partial charge on any atom is -0.423 e. The van der Waals surface area contributed by atoms with Crippen molar-refractivity contribution in [2.75, 3.05) is 11.4 Å². The smallest absolute Gasteiger partial charge is 0.423 e. The monoisotopic (exact) mass is 233 g/mol. The van der Waals surface area contributed by atoms with Crippen molar-refractivity contribution in [3.63, 3.8) is 0 Å². The highest BCUT2D eigenvalue weighted by atomic mass is 16.4. The second-order valence-corrected chi connectivity index (χ2v) is 5.69. The molecular weight excluding hydrogens is 213 g/mol. The van der Waals surface area contributed by atoms with E-state index in [0.717, 1.165) is 25.1 Å². The van der Waals surface area contributed by atoms with Gasteiger partial charge in [-0.2, -0.15) is 0 Å². The molecule has 0 aromatic heterocycles. The molecule has 1 aromatic carbocycles.